The molecule has 2 bridgehead atoms. The number of aromatic nitrogens is 1. The molecular weight excluding hydrogens is 442 g/mol. The second-order valence-corrected chi connectivity index (χ2v) is 10.9. The average Bonchev–Trinajstić information content (AvgIpc) is 3.35. The molecule has 35 heavy (non-hydrogen) atoms. The maximum atomic E-state index is 14.1. The number of carbonyl (C=O) groups is 1. The van der Waals surface area contributed by atoms with Gasteiger partial charge in [0.05, 0.1) is 16.9 Å². The number of fused-ring (bicyclic) bond motifs is 8. The fourth-order valence-corrected chi connectivity index (χ4v) is 7.55. The molecule has 5 heterocycles. The summed E-state index contributed by atoms with van der Waals surface area (Å²) >= 11 is 0. The molecule has 1 amide bonds. The number of piperidine rings is 3. The molecule has 1 aromatic heterocycles. The van der Waals surface area contributed by atoms with E-state index in [4.69, 9.17) is 9.47 Å². The van der Waals surface area contributed by atoms with Gasteiger partial charge in [-0.2, -0.15) is 0 Å². The van der Waals surface area contributed by atoms with Crippen molar-refractivity contribution in [2.24, 2.45) is 11.8 Å². The maximum Gasteiger partial charge on any atom is 0.259 e. The first kappa shape index (κ1) is 21.5. The van der Waals surface area contributed by atoms with Gasteiger partial charge in [0.1, 0.15) is 5.56 Å². The summed E-state index contributed by atoms with van der Waals surface area (Å²) in [5.41, 5.74) is 2.28. The molecule has 0 radical (unpaired) electrons. The lowest BCUT2D eigenvalue weighted by Gasteiger charge is -2.54. The number of hydrogen-bond donors (Lipinski definition) is 0. The minimum Gasteiger partial charge on any atom is -0.454 e. The zero-order chi connectivity index (χ0) is 23.7. The number of benzene rings is 1. The van der Waals surface area contributed by atoms with Gasteiger partial charge in [0.25, 0.3) is 5.91 Å². The van der Waals surface area contributed by atoms with E-state index in [0.717, 1.165) is 31.4 Å². The first-order valence-corrected chi connectivity index (χ1v) is 13.3. The van der Waals surface area contributed by atoms with Crippen LogP contribution in [0.2, 0.25) is 0 Å². The van der Waals surface area contributed by atoms with E-state index in [-0.39, 0.29) is 29.7 Å². The Bertz CT molecular complexity index is 1300. The predicted octanol–water partition coefficient (Wildman–Crippen LogP) is 3.79. The monoisotopic (exact) mass is 475 g/mol. The first-order valence-electron chi connectivity index (χ1n) is 13.3. The molecule has 0 N–H and O–H groups in total. The first-order chi connectivity index (χ1) is 17.1. The Hall–Kier alpha value is -2.80. The summed E-state index contributed by atoms with van der Waals surface area (Å²) in [4.78, 5) is 32.5. The summed E-state index contributed by atoms with van der Waals surface area (Å²) in [6.07, 6.45) is 11.4. The van der Waals surface area contributed by atoms with Gasteiger partial charge in [-0.05, 0) is 63.5 Å². The maximum absolute atomic E-state index is 14.1. The van der Waals surface area contributed by atoms with Crippen LogP contribution in [0, 0.1) is 11.8 Å². The van der Waals surface area contributed by atoms with Crippen molar-refractivity contribution in [1.82, 2.24) is 14.4 Å². The van der Waals surface area contributed by atoms with Gasteiger partial charge in [-0.1, -0.05) is 18.1 Å². The molecule has 0 unspecified atom stereocenters. The molecule has 4 aliphatic heterocycles. The number of nitrogens with zero attached hydrogens (tertiary/aromatic N) is 3. The number of ether oxygens (including phenoxy) is 2. The Morgan fingerprint density at radius 3 is 2.83 bits per heavy atom. The van der Waals surface area contributed by atoms with Crippen LogP contribution in [0.5, 0.6) is 11.5 Å². The summed E-state index contributed by atoms with van der Waals surface area (Å²) < 4.78 is 13.1. The van der Waals surface area contributed by atoms with Crippen LogP contribution < -0.4 is 14.9 Å². The second-order valence-electron chi connectivity index (χ2n) is 10.9. The molecule has 184 valence electrons. The highest BCUT2D eigenvalue weighted by molar-refractivity contribution is 5.98. The van der Waals surface area contributed by atoms with E-state index in [1.807, 2.05) is 22.5 Å². The summed E-state index contributed by atoms with van der Waals surface area (Å²) in [5.74, 6) is 2.18. The lowest BCUT2D eigenvalue weighted by molar-refractivity contribution is 0.00142. The topological polar surface area (TPSA) is 64.0 Å². The standard InChI is InChI=1S/C28H33N3O4/c1-2-29-15-21(27(32)20-12-24-25(13-23(20)29)35-16-34-24)28(33)31-9-5-6-17-10-18-11-19(26(17)31)14-30-8-4-3-7-22(18)30/h10,12-13,15,18-19,22,26H,2-9,11,14,16H2,1H3/t18-,19-,22+,26-/m0/s1. The molecule has 1 aromatic carbocycles. The van der Waals surface area contributed by atoms with Gasteiger partial charge in [0, 0.05) is 37.9 Å². The average molecular weight is 476 g/mol. The predicted molar refractivity (Wildman–Crippen MR) is 133 cm³/mol. The molecule has 4 atom stereocenters. The van der Waals surface area contributed by atoms with E-state index in [0.29, 0.717) is 41.3 Å². The second kappa shape index (κ2) is 8.12. The summed E-state index contributed by atoms with van der Waals surface area (Å²) in [6, 6.07) is 4.41. The van der Waals surface area contributed by atoms with Gasteiger partial charge < -0.3 is 18.9 Å². The van der Waals surface area contributed by atoms with E-state index < -0.39 is 0 Å². The van der Waals surface area contributed by atoms with Crippen LogP contribution in [0.4, 0.5) is 0 Å². The van der Waals surface area contributed by atoms with Crippen molar-refractivity contribution in [3.63, 3.8) is 0 Å². The number of carbonyl (C=O) groups excluding carboxylic acids is 1. The normalized spacial score (nSPS) is 29.5. The number of amides is 1. The van der Waals surface area contributed by atoms with Crippen molar-refractivity contribution in [1.29, 1.82) is 0 Å². The highest BCUT2D eigenvalue weighted by Gasteiger charge is 2.47. The largest absolute Gasteiger partial charge is 0.454 e. The minimum absolute atomic E-state index is 0.119. The van der Waals surface area contributed by atoms with E-state index in [1.165, 1.54) is 37.8 Å². The molecular formula is C28H33N3O4. The Morgan fingerprint density at radius 1 is 1.11 bits per heavy atom. The zero-order valence-corrected chi connectivity index (χ0v) is 20.4. The highest BCUT2D eigenvalue weighted by Crippen LogP contribution is 2.45. The van der Waals surface area contributed by atoms with E-state index in [9.17, 15) is 9.59 Å². The van der Waals surface area contributed by atoms with E-state index in [2.05, 4.69) is 11.0 Å². The fraction of sp³-hybridized carbons (Fsp3) is 0.571. The molecule has 3 fully saturated rings. The van der Waals surface area contributed by atoms with Crippen LogP contribution in [-0.4, -0.2) is 58.8 Å². The summed E-state index contributed by atoms with van der Waals surface area (Å²) in [7, 11) is 0. The quantitative estimate of drug-likeness (QED) is 0.619. The molecule has 1 aliphatic carbocycles. The van der Waals surface area contributed by atoms with Crippen molar-refractivity contribution in [3.05, 3.63) is 45.8 Å². The van der Waals surface area contributed by atoms with Crippen LogP contribution >= 0.6 is 0 Å². The van der Waals surface area contributed by atoms with Crippen LogP contribution in [-0.2, 0) is 6.54 Å². The van der Waals surface area contributed by atoms with Crippen LogP contribution in [0.25, 0.3) is 10.9 Å². The Labute approximate surface area is 205 Å². The lowest BCUT2D eigenvalue weighted by Crippen LogP contribution is -2.60. The van der Waals surface area contributed by atoms with E-state index in [1.54, 1.807) is 12.3 Å². The van der Waals surface area contributed by atoms with Crippen LogP contribution in [0.15, 0.2) is 34.8 Å². The number of rotatable bonds is 2. The fourth-order valence-electron chi connectivity index (χ4n) is 7.55. The third-order valence-corrected chi connectivity index (χ3v) is 9.06. The molecule has 3 saturated heterocycles. The number of likely N-dealkylation sites (tertiary alicyclic amines) is 1. The van der Waals surface area contributed by atoms with Gasteiger partial charge in [-0.25, -0.2) is 0 Å². The summed E-state index contributed by atoms with van der Waals surface area (Å²) in [5, 5.41) is 0.521. The summed E-state index contributed by atoms with van der Waals surface area (Å²) in [6.45, 7) is 5.82. The molecule has 0 spiro atoms. The molecule has 7 nitrogen and oxygen atoms in total. The minimum atomic E-state index is -0.211. The Kier molecular flexibility index (Phi) is 4.98. The third kappa shape index (κ3) is 3.27. The van der Waals surface area contributed by atoms with Crippen molar-refractivity contribution < 1.29 is 14.3 Å². The van der Waals surface area contributed by atoms with Crippen molar-refractivity contribution >= 4 is 16.8 Å². The molecule has 7 heteroatoms. The van der Waals surface area contributed by atoms with Crippen molar-refractivity contribution in [2.45, 2.75) is 64.1 Å². The molecule has 0 saturated carbocycles. The zero-order valence-electron chi connectivity index (χ0n) is 20.4. The number of aryl methyl sites for hydroxylation is 1. The van der Waals surface area contributed by atoms with E-state index >= 15 is 0 Å². The van der Waals surface area contributed by atoms with Gasteiger partial charge in [-0.15, -0.1) is 0 Å². The van der Waals surface area contributed by atoms with Gasteiger partial charge in [0.15, 0.2) is 11.5 Å². The Morgan fingerprint density at radius 2 is 1.97 bits per heavy atom. The van der Waals surface area contributed by atoms with Gasteiger partial charge in [-0.3, -0.25) is 14.5 Å². The number of pyridine rings is 1. The smallest absolute Gasteiger partial charge is 0.259 e. The molecule has 7 rings (SSSR count). The van der Waals surface area contributed by atoms with Gasteiger partial charge in [0.2, 0.25) is 12.2 Å². The molecule has 2 aromatic rings. The number of hydrogen-bond acceptors (Lipinski definition) is 5. The van der Waals surface area contributed by atoms with Crippen molar-refractivity contribution in [3.8, 4) is 11.5 Å². The third-order valence-electron chi connectivity index (χ3n) is 9.06. The molecule has 5 aliphatic rings. The van der Waals surface area contributed by atoms with Crippen LogP contribution in [0.3, 0.4) is 0 Å². The Balaban J connectivity index is 1.28. The highest BCUT2D eigenvalue weighted by atomic mass is 16.7. The van der Waals surface area contributed by atoms with Crippen molar-refractivity contribution in [2.75, 3.05) is 26.4 Å². The van der Waals surface area contributed by atoms with Crippen LogP contribution in [0.1, 0.15) is 55.8 Å². The SMILES string of the molecule is CCn1cc(C(=O)N2CCCC3=C[C@H]4C[C@@H](CN5CCCC[C@H]45)[C@H]32)c(=O)c2cc3c(cc21)OCO3. The lowest BCUT2D eigenvalue weighted by atomic mass is 9.68. The van der Waals surface area contributed by atoms with Gasteiger partial charge >= 0.3 is 0 Å².